The van der Waals surface area contributed by atoms with Crippen molar-refractivity contribution in [3.8, 4) is 0 Å². The largest absolute Gasteiger partial charge is 0.438 e. The Labute approximate surface area is 131 Å². The third kappa shape index (κ3) is 2.48. The van der Waals surface area contributed by atoms with Gasteiger partial charge in [-0.2, -0.15) is 0 Å². The summed E-state index contributed by atoms with van der Waals surface area (Å²) in [5, 5.41) is 0. The zero-order chi connectivity index (χ0) is 15.8. The van der Waals surface area contributed by atoms with Crippen molar-refractivity contribution in [2.45, 2.75) is 25.3 Å². The lowest BCUT2D eigenvalue weighted by Crippen LogP contribution is -2.38. The molecule has 0 spiro atoms. The number of carbonyl (C=O) groups is 1. The summed E-state index contributed by atoms with van der Waals surface area (Å²) in [6, 6.07) is 4.26. The molecule has 0 radical (unpaired) electrons. The first-order valence-electron chi connectivity index (χ1n) is 7.57. The zero-order valence-corrected chi connectivity index (χ0v) is 12.3. The SMILES string of the molecule is O=C(c1cnco1)N1CCCCC1c1nc2ccc(F)cc2[nH]1. The molecule has 23 heavy (non-hydrogen) atoms. The molecule has 1 N–H and O–H groups in total. The number of likely N-dealkylation sites (tertiary alicyclic amines) is 1. The van der Waals surface area contributed by atoms with Gasteiger partial charge in [0.2, 0.25) is 5.76 Å². The van der Waals surface area contributed by atoms with Crippen LogP contribution in [0.15, 0.2) is 35.2 Å². The highest BCUT2D eigenvalue weighted by Gasteiger charge is 2.32. The standard InChI is InChI=1S/C16H15FN4O2/c17-10-4-5-11-12(7-10)20-15(19-11)13-3-1-2-6-21(13)16(22)14-8-18-9-23-14/h4-5,7-9,13H,1-3,6H2,(H,19,20). The molecule has 0 aliphatic carbocycles. The van der Waals surface area contributed by atoms with Crippen LogP contribution < -0.4 is 0 Å². The van der Waals surface area contributed by atoms with E-state index in [4.69, 9.17) is 4.42 Å². The van der Waals surface area contributed by atoms with Gasteiger partial charge in [-0.1, -0.05) is 0 Å². The Morgan fingerprint density at radius 1 is 1.39 bits per heavy atom. The highest BCUT2D eigenvalue weighted by Crippen LogP contribution is 2.31. The topological polar surface area (TPSA) is 75.0 Å². The van der Waals surface area contributed by atoms with Crippen LogP contribution >= 0.6 is 0 Å². The van der Waals surface area contributed by atoms with Crippen molar-refractivity contribution >= 4 is 16.9 Å². The smallest absolute Gasteiger partial charge is 0.291 e. The molecule has 1 aliphatic heterocycles. The summed E-state index contributed by atoms with van der Waals surface area (Å²) in [6.45, 7) is 0.635. The van der Waals surface area contributed by atoms with E-state index in [1.54, 1.807) is 11.0 Å². The Balaban J connectivity index is 1.70. The lowest BCUT2D eigenvalue weighted by molar-refractivity contribution is 0.0569. The Bertz CT molecular complexity index is 843. The van der Waals surface area contributed by atoms with Crippen LogP contribution in [0, 0.1) is 5.82 Å². The molecule has 118 valence electrons. The Morgan fingerprint density at radius 3 is 3.13 bits per heavy atom. The number of rotatable bonds is 2. The van der Waals surface area contributed by atoms with Crippen molar-refractivity contribution in [2.24, 2.45) is 0 Å². The summed E-state index contributed by atoms with van der Waals surface area (Å²) in [4.78, 5) is 25.8. The van der Waals surface area contributed by atoms with Crippen molar-refractivity contribution in [2.75, 3.05) is 6.54 Å². The predicted molar refractivity (Wildman–Crippen MR) is 80.2 cm³/mol. The van der Waals surface area contributed by atoms with Gasteiger partial charge in [0.05, 0.1) is 23.3 Å². The van der Waals surface area contributed by atoms with E-state index in [0.717, 1.165) is 19.3 Å². The minimum atomic E-state index is -0.314. The number of hydrogen-bond donors (Lipinski definition) is 1. The molecule has 1 atom stereocenters. The van der Waals surface area contributed by atoms with Crippen molar-refractivity contribution in [3.05, 3.63) is 48.2 Å². The number of carbonyl (C=O) groups excluding carboxylic acids is 1. The summed E-state index contributed by atoms with van der Waals surface area (Å²) < 4.78 is 18.5. The number of oxazole rings is 1. The predicted octanol–water partition coefficient (Wildman–Crippen LogP) is 3.06. The van der Waals surface area contributed by atoms with E-state index in [1.165, 1.54) is 24.7 Å². The highest BCUT2D eigenvalue weighted by atomic mass is 19.1. The third-order valence-electron chi connectivity index (χ3n) is 4.18. The van der Waals surface area contributed by atoms with Crippen molar-refractivity contribution < 1.29 is 13.6 Å². The number of amides is 1. The van der Waals surface area contributed by atoms with E-state index >= 15 is 0 Å². The van der Waals surface area contributed by atoms with Crippen LogP contribution in [0.25, 0.3) is 11.0 Å². The van der Waals surface area contributed by atoms with Crippen molar-refractivity contribution in [3.63, 3.8) is 0 Å². The van der Waals surface area contributed by atoms with Crippen LogP contribution in [0.3, 0.4) is 0 Å². The molecule has 1 unspecified atom stereocenters. The number of benzene rings is 1. The van der Waals surface area contributed by atoms with Crippen LogP contribution in [0.5, 0.6) is 0 Å². The maximum Gasteiger partial charge on any atom is 0.291 e. The van der Waals surface area contributed by atoms with Gasteiger partial charge in [-0.05, 0) is 37.5 Å². The first kappa shape index (κ1) is 13.9. The minimum absolute atomic E-state index is 0.170. The van der Waals surface area contributed by atoms with E-state index in [1.807, 2.05) is 0 Å². The van der Waals surface area contributed by atoms with Gasteiger partial charge < -0.3 is 14.3 Å². The Morgan fingerprint density at radius 2 is 2.30 bits per heavy atom. The normalized spacial score (nSPS) is 18.5. The molecule has 0 bridgehead atoms. The van der Waals surface area contributed by atoms with Gasteiger partial charge in [-0.25, -0.2) is 14.4 Å². The molecular formula is C16H15FN4O2. The van der Waals surface area contributed by atoms with Gasteiger partial charge >= 0.3 is 0 Å². The van der Waals surface area contributed by atoms with Crippen LogP contribution in [0.1, 0.15) is 41.7 Å². The summed E-state index contributed by atoms with van der Waals surface area (Å²) >= 11 is 0. The van der Waals surface area contributed by atoms with Crippen LogP contribution in [0.4, 0.5) is 4.39 Å². The number of nitrogens with one attached hydrogen (secondary N) is 1. The summed E-state index contributed by atoms with van der Waals surface area (Å²) in [5.41, 5.74) is 1.33. The minimum Gasteiger partial charge on any atom is -0.438 e. The van der Waals surface area contributed by atoms with E-state index in [2.05, 4.69) is 15.0 Å². The third-order valence-corrected chi connectivity index (χ3v) is 4.18. The van der Waals surface area contributed by atoms with Crippen LogP contribution in [-0.4, -0.2) is 32.3 Å². The second-order valence-electron chi connectivity index (χ2n) is 5.66. The molecule has 3 aromatic rings. The number of piperidine rings is 1. The molecule has 3 heterocycles. The summed E-state index contributed by atoms with van der Waals surface area (Å²) in [7, 11) is 0. The van der Waals surface area contributed by atoms with Gasteiger partial charge in [-0.3, -0.25) is 4.79 Å². The van der Waals surface area contributed by atoms with E-state index < -0.39 is 0 Å². The molecule has 6 nitrogen and oxygen atoms in total. The lowest BCUT2D eigenvalue weighted by Gasteiger charge is -2.33. The van der Waals surface area contributed by atoms with E-state index in [9.17, 15) is 9.18 Å². The van der Waals surface area contributed by atoms with Gasteiger partial charge in [0, 0.05) is 6.54 Å². The summed E-state index contributed by atoms with van der Waals surface area (Å²) in [6.07, 6.45) is 5.42. The number of imidazole rings is 1. The number of H-pyrrole nitrogens is 1. The molecular weight excluding hydrogens is 299 g/mol. The maximum absolute atomic E-state index is 13.3. The number of halogens is 1. The molecule has 7 heteroatoms. The fourth-order valence-electron chi connectivity index (χ4n) is 3.08. The molecule has 4 rings (SSSR count). The number of hydrogen-bond acceptors (Lipinski definition) is 4. The maximum atomic E-state index is 13.3. The van der Waals surface area contributed by atoms with Crippen molar-refractivity contribution in [1.29, 1.82) is 0 Å². The van der Waals surface area contributed by atoms with E-state index in [0.29, 0.717) is 23.4 Å². The second-order valence-corrected chi connectivity index (χ2v) is 5.66. The van der Waals surface area contributed by atoms with Gasteiger partial charge in [0.1, 0.15) is 11.6 Å². The fraction of sp³-hybridized carbons (Fsp3) is 0.312. The Kier molecular flexibility index (Phi) is 3.33. The van der Waals surface area contributed by atoms with Gasteiger partial charge in [0.15, 0.2) is 6.39 Å². The molecule has 1 aromatic carbocycles. The number of aromatic nitrogens is 3. The lowest BCUT2D eigenvalue weighted by atomic mass is 10.0. The molecule has 2 aromatic heterocycles. The van der Waals surface area contributed by atoms with Crippen molar-refractivity contribution in [1.82, 2.24) is 19.9 Å². The van der Waals surface area contributed by atoms with Crippen LogP contribution in [-0.2, 0) is 0 Å². The number of aromatic amines is 1. The van der Waals surface area contributed by atoms with Gasteiger partial charge in [-0.15, -0.1) is 0 Å². The fourth-order valence-corrected chi connectivity index (χ4v) is 3.08. The number of nitrogens with zero attached hydrogens (tertiary/aromatic N) is 3. The molecule has 0 saturated carbocycles. The monoisotopic (exact) mass is 314 g/mol. The zero-order valence-electron chi connectivity index (χ0n) is 12.3. The molecule has 1 fully saturated rings. The second kappa shape index (κ2) is 5.49. The average molecular weight is 314 g/mol. The first-order valence-corrected chi connectivity index (χ1v) is 7.57. The average Bonchev–Trinajstić information content (AvgIpc) is 3.23. The summed E-state index contributed by atoms with van der Waals surface area (Å²) in [5.74, 6) is 0.391. The quantitative estimate of drug-likeness (QED) is 0.789. The first-order chi connectivity index (χ1) is 11.2. The Hall–Kier alpha value is -2.70. The molecule has 1 aliphatic rings. The van der Waals surface area contributed by atoms with E-state index in [-0.39, 0.29) is 23.5 Å². The molecule has 1 amide bonds. The molecule has 1 saturated heterocycles. The highest BCUT2D eigenvalue weighted by molar-refractivity contribution is 5.91. The van der Waals surface area contributed by atoms with Crippen LogP contribution in [0.2, 0.25) is 0 Å². The van der Waals surface area contributed by atoms with Gasteiger partial charge in [0.25, 0.3) is 5.91 Å². The number of fused-ring (bicyclic) bond motifs is 1.